The lowest BCUT2D eigenvalue weighted by Gasteiger charge is -2.04. The van der Waals surface area contributed by atoms with Gasteiger partial charge in [0.2, 0.25) is 0 Å². The van der Waals surface area contributed by atoms with Crippen LogP contribution in [-0.4, -0.2) is 24.3 Å². The molecule has 1 rings (SSSR count). The number of likely N-dealkylation sites (N-methyl/N-ethyl adjacent to an activating group) is 1. The SMILES string of the molecule is C/C=C\C/C=C1\CN(C)N=C1C(C)C. The third kappa shape index (κ3) is 2.72. The van der Waals surface area contributed by atoms with Crippen LogP contribution in [0.1, 0.15) is 27.2 Å². The van der Waals surface area contributed by atoms with Crippen molar-refractivity contribution in [3.63, 3.8) is 0 Å². The molecule has 2 heteroatoms. The number of allylic oxidation sites excluding steroid dienone is 3. The van der Waals surface area contributed by atoms with E-state index in [2.05, 4.69) is 44.1 Å². The molecule has 2 nitrogen and oxygen atoms in total. The van der Waals surface area contributed by atoms with Crippen LogP contribution in [0.4, 0.5) is 0 Å². The van der Waals surface area contributed by atoms with Gasteiger partial charge in [-0.25, -0.2) is 0 Å². The molecule has 0 amide bonds. The molecule has 0 aromatic rings. The first kappa shape index (κ1) is 11.0. The molecule has 78 valence electrons. The van der Waals surface area contributed by atoms with E-state index in [1.54, 1.807) is 0 Å². The van der Waals surface area contributed by atoms with Crippen molar-refractivity contribution in [1.29, 1.82) is 0 Å². The van der Waals surface area contributed by atoms with Crippen LogP contribution in [0.15, 0.2) is 28.9 Å². The van der Waals surface area contributed by atoms with E-state index in [9.17, 15) is 0 Å². The molecular weight excluding hydrogens is 172 g/mol. The van der Waals surface area contributed by atoms with Crippen LogP contribution in [0.25, 0.3) is 0 Å². The maximum absolute atomic E-state index is 4.51. The molecule has 0 unspecified atom stereocenters. The number of hydrogen-bond donors (Lipinski definition) is 0. The second-order valence-corrected chi connectivity index (χ2v) is 3.99. The van der Waals surface area contributed by atoms with Crippen molar-refractivity contribution in [3.05, 3.63) is 23.8 Å². The molecule has 0 fully saturated rings. The van der Waals surface area contributed by atoms with Crippen molar-refractivity contribution in [2.75, 3.05) is 13.6 Å². The predicted octanol–water partition coefficient (Wildman–Crippen LogP) is 2.84. The summed E-state index contributed by atoms with van der Waals surface area (Å²) in [6, 6.07) is 0. The smallest absolute Gasteiger partial charge is 0.0678 e. The predicted molar refractivity (Wildman–Crippen MR) is 62.4 cm³/mol. The van der Waals surface area contributed by atoms with Gasteiger partial charge in [0.15, 0.2) is 0 Å². The van der Waals surface area contributed by atoms with Gasteiger partial charge in [0.1, 0.15) is 0 Å². The molecule has 1 aliphatic heterocycles. The molecule has 0 N–H and O–H groups in total. The molecule has 0 radical (unpaired) electrons. The van der Waals surface area contributed by atoms with Gasteiger partial charge in [0, 0.05) is 7.05 Å². The van der Waals surface area contributed by atoms with Crippen molar-refractivity contribution in [2.24, 2.45) is 11.0 Å². The highest BCUT2D eigenvalue weighted by molar-refractivity contribution is 6.02. The molecule has 0 saturated carbocycles. The molecule has 1 heterocycles. The quantitative estimate of drug-likeness (QED) is 0.628. The number of hydrazone groups is 1. The van der Waals surface area contributed by atoms with E-state index in [0.29, 0.717) is 5.92 Å². The Balaban J connectivity index is 2.70. The highest BCUT2D eigenvalue weighted by atomic mass is 15.5. The summed E-state index contributed by atoms with van der Waals surface area (Å²) in [5.41, 5.74) is 2.64. The Hall–Kier alpha value is -1.05. The fourth-order valence-electron chi connectivity index (χ4n) is 1.61. The fraction of sp³-hybridized carbons (Fsp3) is 0.583. The zero-order valence-electron chi connectivity index (χ0n) is 9.62. The monoisotopic (exact) mass is 192 g/mol. The van der Waals surface area contributed by atoms with E-state index in [-0.39, 0.29) is 0 Å². The summed E-state index contributed by atoms with van der Waals surface area (Å²) >= 11 is 0. The third-order valence-electron chi connectivity index (χ3n) is 2.29. The first-order valence-corrected chi connectivity index (χ1v) is 5.25. The van der Waals surface area contributed by atoms with Crippen molar-refractivity contribution in [2.45, 2.75) is 27.2 Å². The Kier molecular flexibility index (Phi) is 3.93. The minimum atomic E-state index is 0.525. The molecule has 0 aliphatic carbocycles. The van der Waals surface area contributed by atoms with E-state index >= 15 is 0 Å². The van der Waals surface area contributed by atoms with Crippen molar-refractivity contribution >= 4 is 5.71 Å². The fourth-order valence-corrected chi connectivity index (χ4v) is 1.61. The van der Waals surface area contributed by atoms with Crippen molar-refractivity contribution < 1.29 is 0 Å². The Bertz CT molecular complexity index is 272. The molecule has 0 atom stereocenters. The van der Waals surface area contributed by atoms with Crippen LogP contribution in [-0.2, 0) is 0 Å². The van der Waals surface area contributed by atoms with E-state index in [0.717, 1.165) is 13.0 Å². The van der Waals surface area contributed by atoms with Gasteiger partial charge in [0.05, 0.1) is 12.3 Å². The van der Waals surface area contributed by atoms with E-state index in [4.69, 9.17) is 0 Å². The van der Waals surface area contributed by atoms with Gasteiger partial charge < -0.3 is 0 Å². The topological polar surface area (TPSA) is 15.6 Å². The van der Waals surface area contributed by atoms with E-state index in [1.165, 1.54) is 11.3 Å². The number of rotatable bonds is 3. The van der Waals surface area contributed by atoms with Crippen molar-refractivity contribution in [1.82, 2.24) is 5.01 Å². The Morgan fingerprint density at radius 2 is 2.21 bits per heavy atom. The second-order valence-electron chi connectivity index (χ2n) is 3.99. The first-order chi connectivity index (χ1) is 6.65. The molecule has 0 aromatic carbocycles. The normalized spacial score (nSPS) is 20.2. The van der Waals surface area contributed by atoms with Gasteiger partial charge in [-0.1, -0.05) is 32.1 Å². The number of nitrogens with zero attached hydrogens (tertiary/aromatic N) is 2. The average Bonchev–Trinajstić information content (AvgIpc) is 2.47. The lowest BCUT2D eigenvalue weighted by atomic mass is 10.00. The van der Waals surface area contributed by atoms with Gasteiger partial charge in [-0.05, 0) is 24.8 Å². The van der Waals surface area contributed by atoms with Crippen LogP contribution >= 0.6 is 0 Å². The van der Waals surface area contributed by atoms with E-state index < -0.39 is 0 Å². The zero-order valence-corrected chi connectivity index (χ0v) is 9.62. The lowest BCUT2D eigenvalue weighted by molar-refractivity contribution is 0.408. The van der Waals surface area contributed by atoms with Gasteiger partial charge in [-0.2, -0.15) is 5.10 Å². The highest BCUT2D eigenvalue weighted by Crippen LogP contribution is 2.17. The van der Waals surface area contributed by atoms with Crippen molar-refractivity contribution in [3.8, 4) is 0 Å². The van der Waals surface area contributed by atoms with Gasteiger partial charge >= 0.3 is 0 Å². The second kappa shape index (κ2) is 4.99. The summed E-state index contributed by atoms with van der Waals surface area (Å²) in [5.74, 6) is 0.525. The molecule has 0 saturated heterocycles. The summed E-state index contributed by atoms with van der Waals surface area (Å²) in [7, 11) is 2.03. The summed E-state index contributed by atoms with van der Waals surface area (Å²) < 4.78 is 0. The Morgan fingerprint density at radius 3 is 2.79 bits per heavy atom. The van der Waals surface area contributed by atoms with E-state index in [1.807, 2.05) is 12.1 Å². The molecule has 14 heavy (non-hydrogen) atoms. The van der Waals surface area contributed by atoms with Gasteiger partial charge in [-0.15, -0.1) is 0 Å². The Labute approximate surface area is 87.0 Å². The van der Waals surface area contributed by atoms with Gasteiger partial charge in [0.25, 0.3) is 0 Å². The summed E-state index contributed by atoms with van der Waals surface area (Å²) in [6.45, 7) is 7.41. The largest absolute Gasteiger partial charge is 0.295 e. The maximum Gasteiger partial charge on any atom is 0.0678 e. The zero-order chi connectivity index (χ0) is 10.6. The molecule has 0 bridgehead atoms. The van der Waals surface area contributed by atoms with Crippen LogP contribution in [0, 0.1) is 5.92 Å². The minimum Gasteiger partial charge on any atom is -0.295 e. The maximum atomic E-state index is 4.51. The van der Waals surface area contributed by atoms with Crippen LogP contribution in [0.3, 0.4) is 0 Å². The van der Waals surface area contributed by atoms with Crippen LogP contribution in [0.2, 0.25) is 0 Å². The highest BCUT2D eigenvalue weighted by Gasteiger charge is 2.19. The van der Waals surface area contributed by atoms with Crippen LogP contribution < -0.4 is 0 Å². The molecule has 0 aromatic heterocycles. The standard InChI is InChI=1S/C12H20N2/c1-5-6-7-8-11-9-14(4)13-12(11)10(2)3/h5-6,8,10H,7,9H2,1-4H3/b6-5-,11-8+. The molecule has 0 spiro atoms. The lowest BCUT2D eigenvalue weighted by Crippen LogP contribution is -2.09. The average molecular weight is 192 g/mol. The minimum absolute atomic E-state index is 0.525. The first-order valence-electron chi connectivity index (χ1n) is 5.25. The summed E-state index contributed by atoms with van der Waals surface area (Å²) in [4.78, 5) is 0. The third-order valence-corrected chi connectivity index (χ3v) is 2.29. The summed E-state index contributed by atoms with van der Waals surface area (Å²) in [6.07, 6.45) is 7.55. The molecular formula is C12H20N2. The van der Waals surface area contributed by atoms with Crippen LogP contribution in [0.5, 0.6) is 0 Å². The Morgan fingerprint density at radius 1 is 1.50 bits per heavy atom. The van der Waals surface area contributed by atoms with Gasteiger partial charge in [-0.3, -0.25) is 5.01 Å². The summed E-state index contributed by atoms with van der Waals surface area (Å²) in [5, 5.41) is 6.52. The number of hydrogen-bond acceptors (Lipinski definition) is 2. The molecule has 1 aliphatic rings.